The number of hydrogen-bond acceptors (Lipinski definition) is 3. The molecule has 1 aliphatic rings. The van der Waals surface area contributed by atoms with Gasteiger partial charge < -0.3 is 10.2 Å². The van der Waals surface area contributed by atoms with Gasteiger partial charge >= 0.3 is 11.9 Å². The van der Waals surface area contributed by atoms with Crippen LogP contribution < -0.4 is 0 Å². The Hall–Kier alpha value is -2.95. The maximum Gasteiger partial charge on any atom is 0.335 e. The van der Waals surface area contributed by atoms with E-state index in [4.69, 9.17) is 10.2 Å². The Morgan fingerprint density at radius 3 is 1.75 bits per heavy atom. The minimum atomic E-state index is -1.11. The topological polar surface area (TPSA) is 91.7 Å². The van der Waals surface area contributed by atoms with Crippen LogP contribution in [0, 0.1) is 0 Å². The molecule has 2 aromatic rings. The van der Waals surface area contributed by atoms with Crippen LogP contribution in [0.2, 0.25) is 0 Å². The summed E-state index contributed by atoms with van der Waals surface area (Å²) in [5.74, 6) is -2.46. The monoisotopic (exact) mass is 268 g/mol. The summed E-state index contributed by atoms with van der Waals surface area (Å²) in [6, 6.07) is 8.51. The van der Waals surface area contributed by atoms with Gasteiger partial charge in [-0.3, -0.25) is 4.79 Å². The fraction of sp³-hybridized carbons (Fsp3) is 0. The van der Waals surface area contributed by atoms with E-state index in [0.29, 0.717) is 22.3 Å². The molecule has 0 aliphatic heterocycles. The highest BCUT2D eigenvalue weighted by molar-refractivity contribution is 6.22. The van der Waals surface area contributed by atoms with Gasteiger partial charge in [-0.15, -0.1) is 0 Å². The molecule has 0 fully saturated rings. The number of hydrogen-bond donors (Lipinski definition) is 2. The molecule has 0 spiro atoms. The van der Waals surface area contributed by atoms with Crippen LogP contribution in [0.25, 0.3) is 11.1 Å². The summed E-state index contributed by atoms with van der Waals surface area (Å²) >= 11 is 0. The molecule has 0 aromatic heterocycles. The van der Waals surface area contributed by atoms with Crippen molar-refractivity contribution in [2.75, 3.05) is 0 Å². The van der Waals surface area contributed by atoms with Crippen molar-refractivity contribution in [3.63, 3.8) is 0 Å². The second-order valence-electron chi connectivity index (χ2n) is 4.46. The molecule has 0 radical (unpaired) electrons. The molecule has 0 amide bonds. The van der Waals surface area contributed by atoms with Crippen LogP contribution in [0.1, 0.15) is 36.6 Å². The zero-order valence-electron chi connectivity index (χ0n) is 10.1. The van der Waals surface area contributed by atoms with Crippen molar-refractivity contribution in [3.8, 4) is 11.1 Å². The molecule has 3 rings (SSSR count). The summed E-state index contributed by atoms with van der Waals surface area (Å²) < 4.78 is 0. The van der Waals surface area contributed by atoms with Gasteiger partial charge in [0.15, 0.2) is 5.78 Å². The number of carbonyl (C=O) groups is 3. The molecule has 0 bridgehead atoms. The molecular formula is C15H8O5. The fourth-order valence-electron chi connectivity index (χ4n) is 2.34. The van der Waals surface area contributed by atoms with Gasteiger partial charge in [-0.2, -0.15) is 0 Å². The van der Waals surface area contributed by atoms with E-state index in [0.717, 1.165) is 0 Å². The van der Waals surface area contributed by atoms with Gasteiger partial charge in [-0.1, -0.05) is 6.07 Å². The lowest BCUT2D eigenvalue weighted by Crippen LogP contribution is -2.00. The van der Waals surface area contributed by atoms with Crippen molar-refractivity contribution in [1.82, 2.24) is 0 Å². The lowest BCUT2D eigenvalue weighted by Gasteiger charge is -2.02. The van der Waals surface area contributed by atoms with Crippen LogP contribution in [-0.4, -0.2) is 27.9 Å². The lowest BCUT2D eigenvalue weighted by atomic mass is 10.0. The highest BCUT2D eigenvalue weighted by Crippen LogP contribution is 2.37. The van der Waals surface area contributed by atoms with Crippen LogP contribution >= 0.6 is 0 Å². The SMILES string of the molecule is O=C(O)c1ccc2c(c1)C(=O)c1ccc(C(=O)O)cc1-2. The van der Waals surface area contributed by atoms with Crippen molar-refractivity contribution >= 4 is 17.7 Å². The van der Waals surface area contributed by atoms with E-state index in [-0.39, 0.29) is 16.9 Å². The Balaban J connectivity index is 2.23. The maximum atomic E-state index is 12.2. The minimum Gasteiger partial charge on any atom is -0.478 e. The molecule has 98 valence electrons. The summed E-state index contributed by atoms with van der Waals surface area (Å²) in [6.07, 6.45) is 0. The van der Waals surface area contributed by atoms with Crippen molar-refractivity contribution in [2.24, 2.45) is 0 Å². The first-order chi connectivity index (χ1) is 9.49. The molecule has 0 atom stereocenters. The molecule has 0 heterocycles. The van der Waals surface area contributed by atoms with Gasteiger partial charge in [0.25, 0.3) is 0 Å². The highest BCUT2D eigenvalue weighted by Gasteiger charge is 2.28. The van der Waals surface area contributed by atoms with Crippen LogP contribution in [0.3, 0.4) is 0 Å². The number of ketones is 1. The Morgan fingerprint density at radius 1 is 0.700 bits per heavy atom. The van der Waals surface area contributed by atoms with E-state index < -0.39 is 11.9 Å². The van der Waals surface area contributed by atoms with Gasteiger partial charge in [-0.05, 0) is 41.5 Å². The van der Waals surface area contributed by atoms with Gasteiger partial charge in [0.05, 0.1) is 11.1 Å². The number of benzene rings is 2. The molecule has 0 unspecified atom stereocenters. The Morgan fingerprint density at radius 2 is 1.20 bits per heavy atom. The van der Waals surface area contributed by atoms with Crippen LogP contribution in [0.4, 0.5) is 0 Å². The summed E-state index contributed by atoms with van der Waals surface area (Å²) in [5, 5.41) is 17.9. The van der Waals surface area contributed by atoms with E-state index in [9.17, 15) is 14.4 Å². The molecule has 20 heavy (non-hydrogen) atoms. The number of carboxylic acid groups (broad SMARTS) is 2. The van der Waals surface area contributed by atoms with Gasteiger partial charge in [0, 0.05) is 11.1 Å². The van der Waals surface area contributed by atoms with Crippen molar-refractivity contribution in [3.05, 3.63) is 58.7 Å². The first kappa shape index (κ1) is 12.1. The van der Waals surface area contributed by atoms with Crippen LogP contribution in [0.15, 0.2) is 36.4 Å². The third-order valence-electron chi connectivity index (χ3n) is 3.31. The fourth-order valence-corrected chi connectivity index (χ4v) is 2.34. The smallest absolute Gasteiger partial charge is 0.335 e. The summed E-state index contributed by atoms with van der Waals surface area (Å²) in [4.78, 5) is 34.1. The first-order valence-corrected chi connectivity index (χ1v) is 5.79. The van der Waals surface area contributed by atoms with Gasteiger partial charge in [0.1, 0.15) is 0 Å². The largest absolute Gasteiger partial charge is 0.478 e. The number of aromatic carboxylic acids is 2. The zero-order chi connectivity index (χ0) is 14.4. The molecule has 1 aliphatic carbocycles. The number of rotatable bonds is 2. The highest BCUT2D eigenvalue weighted by atomic mass is 16.4. The normalized spacial score (nSPS) is 11.9. The van der Waals surface area contributed by atoms with E-state index in [1.807, 2.05) is 0 Å². The molecule has 2 N–H and O–H groups in total. The molecule has 5 nitrogen and oxygen atoms in total. The third-order valence-corrected chi connectivity index (χ3v) is 3.31. The predicted molar refractivity (Wildman–Crippen MR) is 69.2 cm³/mol. The Bertz CT molecular complexity index is 789. The molecule has 5 heteroatoms. The molecular weight excluding hydrogens is 260 g/mol. The maximum absolute atomic E-state index is 12.2. The van der Waals surface area contributed by atoms with E-state index in [2.05, 4.69) is 0 Å². The van der Waals surface area contributed by atoms with E-state index >= 15 is 0 Å². The van der Waals surface area contributed by atoms with Crippen molar-refractivity contribution in [2.45, 2.75) is 0 Å². The standard InChI is InChI=1S/C15H8O5/c16-13-10-4-2-7(14(17)18)5-11(10)9-3-1-8(15(19)20)6-12(9)13/h1-6H,(H,17,18)(H,19,20). The second kappa shape index (κ2) is 4.03. The van der Waals surface area contributed by atoms with E-state index in [1.54, 1.807) is 0 Å². The number of carbonyl (C=O) groups excluding carboxylic acids is 1. The van der Waals surface area contributed by atoms with Crippen LogP contribution in [0.5, 0.6) is 0 Å². The molecule has 2 aromatic carbocycles. The summed E-state index contributed by atoms with van der Waals surface area (Å²) in [7, 11) is 0. The Labute approximate surface area is 113 Å². The number of fused-ring (bicyclic) bond motifs is 3. The lowest BCUT2D eigenvalue weighted by molar-refractivity contribution is 0.0686. The summed E-state index contributed by atoms with van der Waals surface area (Å²) in [5.41, 5.74) is 1.91. The van der Waals surface area contributed by atoms with Crippen molar-refractivity contribution < 1.29 is 24.6 Å². The average Bonchev–Trinajstić information content (AvgIpc) is 2.71. The first-order valence-electron chi connectivity index (χ1n) is 5.79. The molecule has 0 saturated carbocycles. The quantitative estimate of drug-likeness (QED) is 0.744. The van der Waals surface area contributed by atoms with Gasteiger partial charge in [0.2, 0.25) is 0 Å². The summed E-state index contributed by atoms with van der Waals surface area (Å²) in [6.45, 7) is 0. The molecule has 0 saturated heterocycles. The zero-order valence-corrected chi connectivity index (χ0v) is 10.1. The third kappa shape index (κ3) is 1.60. The predicted octanol–water partition coefficient (Wildman–Crippen LogP) is 2.29. The van der Waals surface area contributed by atoms with E-state index in [1.165, 1.54) is 36.4 Å². The van der Waals surface area contributed by atoms with Gasteiger partial charge in [-0.25, -0.2) is 9.59 Å². The second-order valence-corrected chi connectivity index (χ2v) is 4.46. The van der Waals surface area contributed by atoms with Crippen LogP contribution in [-0.2, 0) is 0 Å². The Kier molecular flexibility index (Phi) is 2.44. The average molecular weight is 268 g/mol. The minimum absolute atomic E-state index is 0.0309. The number of carboxylic acids is 2. The van der Waals surface area contributed by atoms with Crippen molar-refractivity contribution in [1.29, 1.82) is 0 Å².